The average molecular weight is 403 g/mol. The number of ketones is 1. The van der Waals surface area contributed by atoms with E-state index in [0.29, 0.717) is 5.57 Å². The number of halogens is 2. The van der Waals surface area contributed by atoms with E-state index < -0.39 is 17.4 Å². The summed E-state index contributed by atoms with van der Waals surface area (Å²) in [6, 6.07) is 2.95. The molecule has 1 aromatic carbocycles. The topological polar surface area (TPSA) is 32.7 Å². The largest absolute Gasteiger partial charge is 0.294 e. The van der Waals surface area contributed by atoms with Crippen LogP contribution in [0.5, 0.6) is 0 Å². The monoisotopic (exact) mass is 402 g/mol. The Morgan fingerprint density at radius 2 is 1.62 bits per heavy atom. The van der Waals surface area contributed by atoms with Crippen LogP contribution < -0.4 is 0 Å². The lowest BCUT2D eigenvalue weighted by Gasteiger charge is -2.30. The maximum Gasteiger partial charge on any atom is 0.170 e. The van der Waals surface area contributed by atoms with Crippen molar-refractivity contribution in [2.45, 2.75) is 66.3 Å². The molecule has 3 nitrogen and oxygen atoms in total. The van der Waals surface area contributed by atoms with Gasteiger partial charge in [0.25, 0.3) is 0 Å². The molecular weight excluding hydrogens is 370 g/mol. The van der Waals surface area contributed by atoms with Crippen molar-refractivity contribution >= 4 is 18.1 Å². The van der Waals surface area contributed by atoms with E-state index in [0.717, 1.165) is 37.0 Å². The van der Waals surface area contributed by atoms with Crippen LogP contribution in [0.25, 0.3) is 5.57 Å². The molecule has 158 valence electrons. The Balaban J connectivity index is 3.42. The third-order valence-electron chi connectivity index (χ3n) is 4.91. The van der Waals surface area contributed by atoms with E-state index in [1.807, 2.05) is 11.9 Å². The van der Waals surface area contributed by atoms with Crippen molar-refractivity contribution in [2.24, 2.45) is 5.10 Å². The quantitative estimate of drug-likeness (QED) is 0.174. The van der Waals surface area contributed by atoms with Gasteiger partial charge in [0.2, 0.25) is 0 Å². The number of hydrogen-bond donors (Lipinski definition) is 0. The summed E-state index contributed by atoms with van der Waals surface area (Å²) in [5.74, 6) is -2.65. The van der Waals surface area contributed by atoms with Crippen LogP contribution in [-0.4, -0.2) is 23.6 Å². The Morgan fingerprint density at radius 3 is 2.07 bits per heavy atom. The number of hydrogen-bond acceptors (Lipinski definition) is 3. The number of carbonyl (C=O) groups excluding carboxylic acids is 1. The van der Waals surface area contributed by atoms with Gasteiger partial charge in [-0.1, -0.05) is 45.4 Å². The SMILES string of the molecule is C=C/C(=C(C)\C=C(/C)c1ccc(C(C)=O)c(F)c1F)N(N=C)C(CCC)CCC. The minimum absolute atomic E-state index is 0.118. The standard InChI is InChI=1S/C24H32F2N2O/c1-8-11-19(12-9-2)28(27-7)22(10-3)17(5)15-16(4)20-13-14-21(18(6)29)24(26)23(20)25/h10,13-15,19H,3,7-9,11-12H2,1-2,4-6H3/b16-15+,22-17+. The number of carbonyl (C=O) groups is 1. The highest BCUT2D eigenvalue weighted by Crippen LogP contribution is 2.27. The number of allylic oxidation sites excluding steroid dienone is 4. The van der Waals surface area contributed by atoms with Gasteiger partial charge in [0.05, 0.1) is 17.3 Å². The summed E-state index contributed by atoms with van der Waals surface area (Å²) >= 11 is 0. The van der Waals surface area contributed by atoms with Crippen molar-refractivity contribution < 1.29 is 13.6 Å². The van der Waals surface area contributed by atoms with E-state index in [-0.39, 0.29) is 17.2 Å². The molecule has 5 heteroatoms. The van der Waals surface area contributed by atoms with Gasteiger partial charge in [-0.3, -0.25) is 9.80 Å². The van der Waals surface area contributed by atoms with E-state index in [1.165, 1.54) is 19.1 Å². The van der Waals surface area contributed by atoms with Crippen LogP contribution in [-0.2, 0) is 0 Å². The van der Waals surface area contributed by atoms with E-state index in [2.05, 4.69) is 32.2 Å². The fourth-order valence-corrected chi connectivity index (χ4v) is 3.48. The second-order valence-electron chi connectivity index (χ2n) is 7.16. The molecule has 0 amide bonds. The van der Waals surface area contributed by atoms with Crippen molar-refractivity contribution in [3.05, 3.63) is 64.9 Å². The van der Waals surface area contributed by atoms with Crippen LogP contribution in [0.4, 0.5) is 8.78 Å². The zero-order valence-electron chi connectivity index (χ0n) is 18.2. The highest BCUT2D eigenvalue weighted by atomic mass is 19.2. The van der Waals surface area contributed by atoms with Gasteiger partial charge in [-0.25, -0.2) is 8.78 Å². The minimum Gasteiger partial charge on any atom is -0.294 e. The summed E-state index contributed by atoms with van der Waals surface area (Å²) in [6.07, 6.45) is 7.44. The van der Waals surface area contributed by atoms with Crippen LogP contribution in [0.15, 0.2) is 47.2 Å². The van der Waals surface area contributed by atoms with Gasteiger partial charge < -0.3 is 0 Å². The number of benzene rings is 1. The Bertz CT molecular complexity index is 818. The molecule has 0 heterocycles. The van der Waals surface area contributed by atoms with E-state index in [4.69, 9.17) is 0 Å². The zero-order valence-corrected chi connectivity index (χ0v) is 18.2. The van der Waals surface area contributed by atoms with Crippen molar-refractivity contribution in [3.63, 3.8) is 0 Å². The number of nitrogens with zero attached hydrogens (tertiary/aromatic N) is 2. The number of rotatable bonds is 11. The Kier molecular flexibility index (Phi) is 9.66. The Morgan fingerprint density at radius 1 is 1.10 bits per heavy atom. The normalized spacial score (nSPS) is 12.6. The number of Topliss-reactive ketones (excluding diaryl/α,β-unsaturated/α-hetero) is 1. The molecule has 1 rings (SSSR count). The summed E-state index contributed by atoms with van der Waals surface area (Å²) < 4.78 is 28.7. The summed E-state index contributed by atoms with van der Waals surface area (Å²) in [5.41, 5.74) is 2.01. The molecule has 0 aromatic heterocycles. The first kappa shape index (κ1) is 24.5. The molecule has 0 saturated carbocycles. The predicted molar refractivity (Wildman–Crippen MR) is 118 cm³/mol. The third kappa shape index (κ3) is 5.96. The van der Waals surface area contributed by atoms with Crippen LogP contribution in [0, 0.1) is 11.6 Å². The molecule has 0 aliphatic heterocycles. The smallest absolute Gasteiger partial charge is 0.170 e. The molecular formula is C24H32F2N2O. The molecule has 0 radical (unpaired) electrons. The first-order chi connectivity index (χ1) is 13.7. The lowest BCUT2D eigenvalue weighted by molar-refractivity contribution is 0.101. The molecule has 29 heavy (non-hydrogen) atoms. The molecule has 0 N–H and O–H groups in total. The molecule has 0 saturated heterocycles. The fraction of sp³-hybridized carbons (Fsp3) is 0.417. The molecule has 0 aliphatic rings. The van der Waals surface area contributed by atoms with Crippen LogP contribution in [0.3, 0.4) is 0 Å². The van der Waals surface area contributed by atoms with E-state index in [9.17, 15) is 13.6 Å². The molecule has 0 spiro atoms. The maximum absolute atomic E-state index is 14.5. The van der Waals surface area contributed by atoms with Gasteiger partial charge in [-0.2, -0.15) is 5.10 Å². The fourth-order valence-electron chi connectivity index (χ4n) is 3.48. The lowest BCUT2D eigenvalue weighted by Crippen LogP contribution is -2.30. The first-order valence-corrected chi connectivity index (χ1v) is 10.00. The van der Waals surface area contributed by atoms with Crippen LogP contribution in [0.2, 0.25) is 0 Å². The van der Waals surface area contributed by atoms with Gasteiger partial charge in [0.15, 0.2) is 17.4 Å². The number of hydrazone groups is 1. The lowest BCUT2D eigenvalue weighted by atomic mass is 9.99. The summed E-state index contributed by atoms with van der Waals surface area (Å²) in [5, 5.41) is 6.08. The Labute approximate surface area is 173 Å². The predicted octanol–water partition coefficient (Wildman–Crippen LogP) is 6.92. The van der Waals surface area contributed by atoms with Gasteiger partial charge in [0.1, 0.15) is 0 Å². The van der Waals surface area contributed by atoms with Crippen molar-refractivity contribution in [1.29, 1.82) is 0 Å². The van der Waals surface area contributed by atoms with Crippen molar-refractivity contribution in [1.82, 2.24) is 5.01 Å². The Hall–Kier alpha value is -2.56. The summed E-state index contributed by atoms with van der Waals surface area (Å²) in [4.78, 5) is 11.4. The van der Waals surface area contributed by atoms with E-state index >= 15 is 0 Å². The van der Waals surface area contributed by atoms with Gasteiger partial charge in [0, 0.05) is 12.3 Å². The minimum atomic E-state index is -1.12. The highest BCUT2D eigenvalue weighted by Gasteiger charge is 2.20. The zero-order chi connectivity index (χ0) is 22.1. The van der Waals surface area contributed by atoms with Crippen molar-refractivity contribution in [3.8, 4) is 0 Å². The third-order valence-corrected chi connectivity index (χ3v) is 4.91. The second-order valence-corrected chi connectivity index (χ2v) is 7.16. The van der Waals surface area contributed by atoms with Gasteiger partial charge >= 0.3 is 0 Å². The van der Waals surface area contributed by atoms with Crippen LogP contribution >= 0.6 is 0 Å². The molecule has 0 fully saturated rings. The summed E-state index contributed by atoms with van der Waals surface area (Å²) in [6.45, 7) is 16.7. The second kappa shape index (κ2) is 11.4. The molecule has 0 unspecified atom stereocenters. The van der Waals surface area contributed by atoms with E-state index in [1.54, 1.807) is 19.1 Å². The average Bonchev–Trinajstić information content (AvgIpc) is 2.67. The van der Waals surface area contributed by atoms with Gasteiger partial charge in [-0.15, -0.1) is 0 Å². The first-order valence-electron chi connectivity index (χ1n) is 10.00. The maximum atomic E-state index is 14.5. The molecule has 1 aromatic rings. The summed E-state index contributed by atoms with van der Waals surface area (Å²) in [7, 11) is 0. The van der Waals surface area contributed by atoms with Crippen molar-refractivity contribution in [2.75, 3.05) is 0 Å². The molecule has 0 atom stereocenters. The van der Waals surface area contributed by atoms with Gasteiger partial charge in [-0.05, 0) is 56.9 Å². The highest BCUT2D eigenvalue weighted by molar-refractivity contribution is 5.94. The molecule has 0 aliphatic carbocycles. The molecule has 0 bridgehead atoms. The van der Waals surface area contributed by atoms with Crippen LogP contribution in [0.1, 0.15) is 76.2 Å².